The first kappa shape index (κ1) is 27.0. The number of aromatic nitrogens is 5. The van der Waals surface area contributed by atoms with Crippen molar-refractivity contribution in [1.29, 1.82) is 0 Å². The predicted octanol–water partition coefficient (Wildman–Crippen LogP) is 3.50. The summed E-state index contributed by atoms with van der Waals surface area (Å²) in [5, 5.41) is 10.8. The number of carbonyl (C=O) groups is 1. The van der Waals surface area contributed by atoms with E-state index in [1.807, 2.05) is 44.3 Å². The van der Waals surface area contributed by atoms with E-state index in [2.05, 4.69) is 20.6 Å². The van der Waals surface area contributed by atoms with Crippen LogP contribution in [0.3, 0.4) is 0 Å². The fraction of sp³-hybridized carbons (Fsp3) is 0.538. The zero-order valence-corrected chi connectivity index (χ0v) is 21.8. The summed E-state index contributed by atoms with van der Waals surface area (Å²) in [6.07, 6.45) is 11.9. The number of hydrogen-bond donors (Lipinski definition) is 1. The maximum absolute atomic E-state index is 12.4. The van der Waals surface area contributed by atoms with Gasteiger partial charge in [0.2, 0.25) is 5.75 Å². The van der Waals surface area contributed by atoms with Gasteiger partial charge in [-0.15, -0.1) is 5.10 Å². The number of carbonyl (C=O) groups excluding carboxylic acids is 1. The number of nitrogens with one attached hydrogen (secondary N) is 1. The van der Waals surface area contributed by atoms with Crippen LogP contribution in [-0.4, -0.2) is 57.3 Å². The molecule has 3 rings (SSSR count). The molecular weight excluding hydrogens is 460 g/mol. The summed E-state index contributed by atoms with van der Waals surface area (Å²) in [6, 6.07) is 3.45. The van der Waals surface area contributed by atoms with Gasteiger partial charge in [-0.2, -0.15) is 0 Å². The highest BCUT2D eigenvalue weighted by Crippen LogP contribution is 2.39. The van der Waals surface area contributed by atoms with Gasteiger partial charge in [-0.1, -0.05) is 12.1 Å². The lowest BCUT2D eigenvalue weighted by molar-refractivity contribution is 0.0962. The first-order valence-corrected chi connectivity index (χ1v) is 12.6. The van der Waals surface area contributed by atoms with Gasteiger partial charge in [-0.3, -0.25) is 9.48 Å². The highest BCUT2D eigenvalue weighted by atomic mass is 16.5. The van der Waals surface area contributed by atoms with E-state index in [0.29, 0.717) is 42.6 Å². The molecule has 3 aromatic rings. The molecule has 1 aromatic carbocycles. The summed E-state index contributed by atoms with van der Waals surface area (Å²) < 4.78 is 21.9. The minimum Gasteiger partial charge on any atom is -0.490 e. The molecule has 0 atom stereocenters. The summed E-state index contributed by atoms with van der Waals surface area (Å²) in [5.41, 5.74) is 2.50. The number of aryl methyl sites for hydroxylation is 4. The van der Waals surface area contributed by atoms with Crippen molar-refractivity contribution < 1.29 is 19.0 Å². The van der Waals surface area contributed by atoms with E-state index in [1.54, 1.807) is 23.9 Å². The summed E-state index contributed by atoms with van der Waals surface area (Å²) in [6.45, 7) is 3.57. The van der Waals surface area contributed by atoms with Crippen LogP contribution in [-0.2, 0) is 26.9 Å². The van der Waals surface area contributed by atoms with Crippen molar-refractivity contribution in [1.82, 2.24) is 29.9 Å². The van der Waals surface area contributed by atoms with E-state index < -0.39 is 0 Å². The van der Waals surface area contributed by atoms with Gasteiger partial charge in [0, 0.05) is 39.1 Å². The van der Waals surface area contributed by atoms with Gasteiger partial charge in [-0.25, -0.2) is 4.98 Å². The van der Waals surface area contributed by atoms with Crippen molar-refractivity contribution >= 4 is 5.91 Å². The lowest BCUT2D eigenvalue weighted by Crippen LogP contribution is -2.18. The highest BCUT2D eigenvalue weighted by molar-refractivity contribution is 5.95. The van der Waals surface area contributed by atoms with Gasteiger partial charge >= 0.3 is 0 Å². The Morgan fingerprint density at radius 1 is 0.917 bits per heavy atom. The fourth-order valence-corrected chi connectivity index (χ4v) is 3.70. The Bertz CT molecular complexity index is 1020. The van der Waals surface area contributed by atoms with Gasteiger partial charge in [0.05, 0.1) is 37.5 Å². The molecule has 0 aliphatic rings. The Morgan fingerprint density at radius 2 is 1.58 bits per heavy atom. The van der Waals surface area contributed by atoms with Crippen LogP contribution in [0.5, 0.6) is 17.2 Å². The van der Waals surface area contributed by atoms with E-state index in [9.17, 15) is 4.79 Å². The van der Waals surface area contributed by atoms with Crippen molar-refractivity contribution in [3.8, 4) is 17.2 Å². The number of unbranched alkanes of at least 4 members (excludes halogenated alkanes) is 2. The maximum Gasteiger partial charge on any atom is 0.251 e. The second-order valence-corrected chi connectivity index (χ2v) is 8.75. The first-order valence-electron chi connectivity index (χ1n) is 12.6. The lowest BCUT2D eigenvalue weighted by atomic mass is 10.1. The molecule has 0 fully saturated rings. The molecule has 0 radical (unpaired) electrons. The molecule has 0 aliphatic carbocycles. The Labute approximate surface area is 213 Å². The van der Waals surface area contributed by atoms with Crippen molar-refractivity contribution in [2.45, 2.75) is 51.9 Å². The number of hydrogen-bond acceptors (Lipinski definition) is 7. The molecule has 1 amide bonds. The Kier molecular flexibility index (Phi) is 10.6. The Morgan fingerprint density at radius 3 is 2.11 bits per heavy atom. The van der Waals surface area contributed by atoms with Crippen LogP contribution in [0.25, 0.3) is 0 Å². The van der Waals surface area contributed by atoms with Gasteiger partial charge in [-0.05, 0) is 57.1 Å². The second kappa shape index (κ2) is 14.1. The minimum absolute atomic E-state index is 0.204. The van der Waals surface area contributed by atoms with Crippen LogP contribution >= 0.6 is 0 Å². The topological polar surface area (TPSA) is 105 Å². The number of nitrogens with zero attached hydrogens (tertiary/aromatic N) is 5. The summed E-state index contributed by atoms with van der Waals surface area (Å²) in [7, 11) is 5.43. The Hall–Kier alpha value is -3.56. The fourth-order valence-electron chi connectivity index (χ4n) is 3.70. The average molecular weight is 499 g/mol. The van der Waals surface area contributed by atoms with Crippen LogP contribution in [0.4, 0.5) is 0 Å². The average Bonchev–Trinajstić information content (AvgIpc) is 3.49. The molecule has 0 unspecified atom stereocenters. The largest absolute Gasteiger partial charge is 0.490 e. The lowest BCUT2D eigenvalue weighted by Gasteiger charge is -2.18. The summed E-state index contributed by atoms with van der Waals surface area (Å²) in [5.74, 6) is 1.39. The number of ether oxygens (including phenoxy) is 3. The summed E-state index contributed by atoms with van der Waals surface area (Å²) >= 11 is 0. The third kappa shape index (κ3) is 8.28. The number of benzene rings is 1. The third-order valence-corrected chi connectivity index (χ3v) is 5.54. The predicted molar refractivity (Wildman–Crippen MR) is 137 cm³/mol. The molecule has 10 nitrogen and oxygen atoms in total. The molecule has 1 N–H and O–H groups in total. The molecule has 196 valence electrons. The normalized spacial score (nSPS) is 10.9. The van der Waals surface area contributed by atoms with Gasteiger partial charge in [0.15, 0.2) is 11.5 Å². The summed E-state index contributed by atoms with van der Waals surface area (Å²) in [4.78, 5) is 16.8. The molecule has 0 saturated heterocycles. The van der Waals surface area contributed by atoms with Gasteiger partial charge in [0.25, 0.3) is 5.91 Å². The van der Waals surface area contributed by atoms with E-state index in [0.717, 1.165) is 56.3 Å². The van der Waals surface area contributed by atoms with E-state index in [4.69, 9.17) is 14.2 Å². The number of imidazole rings is 1. The van der Waals surface area contributed by atoms with Crippen LogP contribution in [0.2, 0.25) is 0 Å². The molecule has 36 heavy (non-hydrogen) atoms. The van der Waals surface area contributed by atoms with Crippen LogP contribution in [0.15, 0.2) is 30.9 Å². The molecular formula is C26H38N6O4. The number of amides is 1. The monoisotopic (exact) mass is 498 g/mol. The quantitative estimate of drug-likeness (QED) is 0.301. The zero-order chi connectivity index (χ0) is 25.8. The molecule has 2 aromatic heterocycles. The Balaban J connectivity index is 1.62. The second-order valence-electron chi connectivity index (χ2n) is 8.75. The van der Waals surface area contributed by atoms with Crippen molar-refractivity contribution in [2.24, 2.45) is 14.1 Å². The molecule has 0 spiro atoms. The molecule has 0 bridgehead atoms. The van der Waals surface area contributed by atoms with Crippen molar-refractivity contribution in [2.75, 3.05) is 26.9 Å². The smallest absolute Gasteiger partial charge is 0.251 e. The highest BCUT2D eigenvalue weighted by Gasteiger charge is 2.18. The molecule has 2 heterocycles. The van der Waals surface area contributed by atoms with Crippen LogP contribution < -0.4 is 19.5 Å². The molecule has 0 aliphatic heterocycles. The van der Waals surface area contributed by atoms with Crippen LogP contribution in [0, 0.1) is 0 Å². The third-order valence-electron chi connectivity index (χ3n) is 5.54. The SMILES string of the molecule is CCCOc1c(OCCCCc2cn(C)cn2)cc(C(=O)NC)cc1OCCCCc1cn(C)nn1. The van der Waals surface area contributed by atoms with Gasteiger partial charge < -0.3 is 24.1 Å². The van der Waals surface area contributed by atoms with E-state index in [-0.39, 0.29) is 5.91 Å². The van der Waals surface area contributed by atoms with E-state index in [1.165, 1.54) is 0 Å². The molecule has 0 saturated carbocycles. The first-order chi connectivity index (χ1) is 17.5. The maximum atomic E-state index is 12.4. The minimum atomic E-state index is -0.204. The van der Waals surface area contributed by atoms with Crippen molar-refractivity contribution in [3.63, 3.8) is 0 Å². The van der Waals surface area contributed by atoms with E-state index >= 15 is 0 Å². The van der Waals surface area contributed by atoms with Crippen molar-refractivity contribution in [3.05, 3.63) is 47.8 Å². The molecule has 10 heteroatoms. The standard InChI is InChI=1S/C26H38N6O4/c1-5-12-36-25-23(34-13-8-6-10-21-17-31(3)19-28-21)15-20(26(33)27-2)16-24(25)35-14-9-7-11-22-18-32(4)30-29-22/h15-19H,5-14H2,1-4H3,(H,27,33). The van der Waals surface area contributed by atoms with Gasteiger partial charge in [0.1, 0.15) is 0 Å². The zero-order valence-electron chi connectivity index (χ0n) is 21.8. The van der Waals surface area contributed by atoms with Crippen LogP contribution in [0.1, 0.15) is 60.8 Å². The number of rotatable bonds is 16.